The van der Waals surface area contributed by atoms with E-state index in [-0.39, 0.29) is 0 Å². The standard InChI is InChI=1S/C12H17BrOS/c1-7-4-9(3)15-12(7)11(13)10-5-8(2)14-6-10/h4,8,10-11H,5-6H2,1-3H3. The Bertz CT molecular complexity index is 347. The van der Waals surface area contributed by atoms with Crippen LogP contribution in [-0.2, 0) is 4.74 Å². The van der Waals surface area contributed by atoms with Crippen molar-refractivity contribution in [1.29, 1.82) is 0 Å². The molecule has 3 unspecified atom stereocenters. The van der Waals surface area contributed by atoms with Crippen molar-refractivity contribution in [2.24, 2.45) is 5.92 Å². The van der Waals surface area contributed by atoms with Crippen molar-refractivity contribution in [3.63, 3.8) is 0 Å². The molecule has 0 saturated carbocycles. The molecule has 1 aromatic heterocycles. The van der Waals surface area contributed by atoms with E-state index >= 15 is 0 Å². The number of rotatable bonds is 2. The molecule has 1 aliphatic heterocycles. The van der Waals surface area contributed by atoms with Crippen LogP contribution in [-0.4, -0.2) is 12.7 Å². The number of aryl methyl sites for hydroxylation is 2. The SMILES string of the molecule is Cc1cc(C)c(C(Br)C2COC(C)C2)s1. The molecule has 0 aromatic carbocycles. The number of alkyl halides is 1. The largest absolute Gasteiger partial charge is 0.378 e. The van der Waals surface area contributed by atoms with Gasteiger partial charge in [-0.25, -0.2) is 0 Å². The minimum Gasteiger partial charge on any atom is -0.378 e. The van der Waals surface area contributed by atoms with Gasteiger partial charge < -0.3 is 4.74 Å². The van der Waals surface area contributed by atoms with Crippen molar-refractivity contribution >= 4 is 27.3 Å². The van der Waals surface area contributed by atoms with Crippen LogP contribution in [0.15, 0.2) is 6.07 Å². The van der Waals surface area contributed by atoms with Gasteiger partial charge in [0.1, 0.15) is 0 Å². The third kappa shape index (κ3) is 2.45. The molecule has 3 heteroatoms. The van der Waals surface area contributed by atoms with E-state index in [0.717, 1.165) is 6.61 Å². The molecule has 1 saturated heterocycles. The molecule has 2 heterocycles. The Hall–Kier alpha value is 0.140. The van der Waals surface area contributed by atoms with E-state index in [2.05, 4.69) is 42.8 Å². The fraction of sp³-hybridized carbons (Fsp3) is 0.667. The second kappa shape index (κ2) is 4.56. The molecule has 0 aliphatic carbocycles. The van der Waals surface area contributed by atoms with E-state index in [4.69, 9.17) is 4.74 Å². The van der Waals surface area contributed by atoms with E-state index in [9.17, 15) is 0 Å². The Kier molecular flexibility index (Phi) is 3.53. The summed E-state index contributed by atoms with van der Waals surface area (Å²) in [6.07, 6.45) is 1.60. The molecule has 1 aromatic rings. The molecule has 15 heavy (non-hydrogen) atoms. The summed E-state index contributed by atoms with van der Waals surface area (Å²) >= 11 is 5.74. The highest BCUT2D eigenvalue weighted by molar-refractivity contribution is 9.09. The number of hydrogen-bond donors (Lipinski definition) is 0. The first-order valence-corrected chi connectivity index (χ1v) is 7.13. The van der Waals surface area contributed by atoms with Gasteiger partial charge in [0.15, 0.2) is 0 Å². The van der Waals surface area contributed by atoms with E-state index in [1.165, 1.54) is 21.7 Å². The maximum atomic E-state index is 5.63. The van der Waals surface area contributed by atoms with Gasteiger partial charge in [-0.15, -0.1) is 11.3 Å². The van der Waals surface area contributed by atoms with Crippen LogP contribution in [0.25, 0.3) is 0 Å². The zero-order chi connectivity index (χ0) is 11.0. The minimum absolute atomic E-state index is 0.427. The van der Waals surface area contributed by atoms with E-state index in [0.29, 0.717) is 16.8 Å². The molecule has 1 fully saturated rings. The summed E-state index contributed by atoms with van der Waals surface area (Å²) in [5.41, 5.74) is 1.42. The van der Waals surface area contributed by atoms with Gasteiger partial charge in [0.25, 0.3) is 0 Å². The Labute approximate surface area is 104 Å². The highest BCUT2D eigenvalue weighted by Gasteiger charge is 2.30. The molecule has 84 valence electrons. The van der Waals surface area contributed by atoms with E-state index in [1.54, 1.807) is 0 Å². The summed E-state index contributed by atoms with van der Waals surface area (Å²) in [5, 5.41) is 0. The zero-order valence-corrected chi connectivity index (χ0v) is 11.8. The second-order valence-electron chi connectivity index (χ2n) is 4.45. The topological polar surface area (TPSA) is 9.23 Å². The number of thiophene rings is 1. The lowest BCUT2D eigenvalue weighted by atomic mass is 10.00. The smallest absolute Gasteiger partial charge is 0.0551 e. The molecule has 0 radical (unpaired) electrons. The van der Waals surface area contributed by atoms with Gasteiger partial charge in [-0.1, -0.05) is 15.9 Å². The predicted octanol–water partition coefficient (Wildman–Crippen LogP) is 4.23. The molecular weight excluding hydrogens is 272 g/mol. The maximum Gasteiger partial charge on any atom is 0.0551 e. The van der Waals surface area contributed by atoms with Crippen LogP contribution in [0.1, 0.15) is 33.5 Å². The average molecular weight is 289 g/mol. The van der Waals surface area contributed by atoms with Crippen LogP contribution < -0.4 is 0 Å². The van der Waals surface area contributed by atoms with Gasteiger partial charge >= 0.3 is 0 Å². The lowest BCUT2D eigenvalue weighted by molar-refractivity contribution is 0.120. The summed E-state index contributed by atoms with van der Waals surface area (Å²) in [6, 6.07) is 2.27. The molecule has 1 aliphatic rings. The Morgan fingerprint density at radius 1 is 1.53 bits per heavy atom. The third-order valence-electron chi connectivity index (χ3n) is 2.97. The summed E-state index contributed by atoms with van der Waals surface area (Å²) in [7, 11) is 0. The normalized spacial score (nSPS) is 28.3. The van der Waals surface area contributed by atoms with Gasteiger partial charge in [0.2, 0.25) is 0 Å². The van der Waals surface area contributed by atoms with Crippen LogP contribution in [0.4, 0.5) is 0 Å². The minimum atomic E-state index is 0.427. The maximum absolute atomic E-state index is 5.63. The van der Waals surface area contributed by atoms with Gasteiger partial charge in [-0.05, 0) is 38.8 Å². The van der Waals surface area contributed by atoms with Crippen LogP contribution in [0.5, 0.6) is 0 Å². The van der Waals surface area contributed by atoms with Gasteiger partial charge in [-0.2, -0.15) is 0 Å². The van der Waals surface area contributed by atoms with Gasteiger partial charge in [0, 0.05) is 15.7 Å². The summed E-state index contributed by atoms with van der Waals surface area (Å²) in [6.45, 7) is 7.43. The lowest BCUT2D eigenvalue weighted by Gasteiger charge is -2.15. The third-order valence-corrected chi connectivity index (χ3v) is 5.72. The van der Waals surface area contributed by atoms with Crippen LogP contribution in [0.2, 0.25) is 0 Å². The van der Waals surface area contributed by atoms with Crippen LogP contribution in [0.3, 0.4) is 0 Å². The first-order valence-electron chi connectivity index (χ1n) is 5.40. The molecule has 0 spiro atoms. The summed E-state index contributed by atoms with van der Waals surface area (Å²) < 4.78 is 5.63. The van der Waals surface area contributed by atoms with E-state index < -0.39 is 0 Å². The van der Waals surface area contributed by atoms with Crippen molar-refractivity contribution in [1.82, 2.24) is 0 Å². The Morgan fingerprint density at radius 3 is 2.73 bits per heavy atom. The number of ether oxygens (including phenoxy) is 1. The van der Waals surface area contributed by atoms with Gasteiger partial charge in [-0.3, -0.25) is 0 Å². The average Bonchev–Trinajstić information content (AvgIpc) is 2.71. The second-order valence-corrected chi connectivity index (χ2v) is 6.72. The van der Waals surface area contributed by atoms with E-state index in [1.807, 2.05) is 11.3 Å². The van der Waals surface area contributed by atoms with Crippen molar-refractivity contribution in [2.75, 3.05) is 6.61 Å². The molecule has 1 nitrogen and oxygen atoms in total. The fourth-order valence-corrected chi connectivity index (χ4v) is 4.32. The molecule has 0 N–H and O–H groups in total. The monoisotopic (exact) mass is 288 g/mol. The van der Waals surface area contributed by atoms with Crippen molar-refractivity contribution < 1.29 is 4.74 Å². The first-order chi connectivity index (χ1) is 7.08. The highest BCUT2D eigenvalue weighted by Crippen LogP contribution is 2.42. The molecule has 2 rings (SSSR count). The van der Waals surface area contributed by atoms with Gasteiger partial charge in [0.05, 0.1) is 17.5 Å². The molecule has 0 bridgehead atoms. The number of hydrogen-bond acceptors (Lipinski definition) is 2. The van der Waals surface area contributed by atoms with Crippen LogP contribution >= 0.6 is 27.3 Å². The van der Waals surface area contributed by atoms with Crippen molar-refractivity contribution in [3.05, 3.63) is 21.4 Å². The Morgan fingerprint density at radius 2 is 2.27 bits per heavy atom. The predicted molar refractivity (Wildman–Crippen MR) is 69.0 cm³/mol. The highest BCUT2D eigenvalue weighted by atomic mass is 79.9. The summed E-state index contributed by atoms with van der Waals surface area (Å²) in [4.78, 5) is 3.36. The fourth-order valence-electron chi connectivity index (χ4n) is 2.20. The van der Waals surface area contributed by atoms with Crippen LogP contribution in [0, 0.1) is 19.8 Å². The Balaban J connectivity index is 2.13. The zero-order valence-electron chi connectivity index (χ0n) is 9.42. The molecule has 3 atom stereocenters. The molecule has 0 amide bonds. The molecular formula is C12H17BrOS. The van der Waals surface area contributed by atoms with Crippen molar-refractivity contribution in [2.45, 2.75) is 38.1 Å². The number of halogens is 1. The van der Waals surface area contributed by atoms with Crippen molar-refractivity contribution in [3.8, 4) is 0 Å². The summed E-state index contributed by atoms with van der Waals surface area (Å²) in [5.74, 6) is 0.636. The first kappa shape index (κ1) is 11.6. The quantitative estimate of drug-likeness (QED) is 0.740. The lowest BCUT2D eigenvalue weighted by Crippen LogP contribution is -2.07.